The van der Waals surface area contributed by atoms with E-state index in [9.17, 15) is 18.3 Å². The summed E-state index contributed by atoms with van der Waals surface area (Å²) >= 11 is 0. The van der Waals surface area contributed by atoms with E-state index in [1.807, 2.05) is 18.2 Å². The topological polar surface area (TPSA) is 86.7 Å². The Labute approximate surface area is 191 Å². The van der Waals surface area contributed by atoms with Gasteiger partial charge >= 0.3 is 5.97 Å². The van der Waals surface area contributed by atoms with Crippen LogP contribution in [0, 0.1) is 0 Å². The van der Waals surface area contributed by atoms with Gasteiger partial charge in [0.25, 0.3) is 10.0 Å². The van der Waals surface area contributed by atoms with Crippen LogP contribution in [0.3, 0.4) is 0 Å². The monoisotopic (exact) mass is 456 g/mol. The van der Waals surface area contributed by atoms with Crippen LogP contribution < -0.4 is 4.72 Å². The number of nitrogens with one attached hydrogen (secondary N) is 1. The summed E-state index contributed by atoms with van der Waals surface area (Å²) < 4.78 is 29.1. The zero-order chi connectivity index (χ0) is 23.1. The molecule has 0 fully saturated rings. The molecule has 0 saturated heterocycles. The Kier molecular flexibility index (Phi) is 8.10. The zero-order valence-electron chi connectivity index (χ0n) is 18.8. The van der Waals surface area contributed by atoms with Gasteiger partial charge in [-0.3, -0.25) is 4.72 Å². The highest BCUT2D eigenvalue weighted by atomic mass is 32.2. The number of carboxylic acids is 1. The Hall–Kier alpha value is -2.64. The number of sulfonamides is 1. The van der Waals surface area contributed by atoms with Crippen molar-refractivity contribution in [2.24, 2.45) is 0 Å². The first-order valence-corrected chi connectivity index (χ1v) is 12.7. The lowest BCUT2D eigenvalue weighted by Gasteiger charge is -2.21. The molecule has 0 aromatic heterocycles. The van der Waals surface area contributed by atoms with Crippen LogP contribution in [-0.2, 0) is 22.9 Å². The molecule has 0 aliphatic heterocycles. The van der Waals surface area contributed by atoms with E-state index in [1.165, 1.54) is 0 Å². The average Bonchev–Trinajstić information content (AvgIpc) is 2.78. The van der Waals surface area contributed by atoms with Gasteiger partial charge in [-0.2, -0.15) is 0 Å². The first-order valence-electron chi connectivity index (χ1n) is 11.3. The van der Waals surface area contributed by atoms with Crippen LogP contribution in [0.1, 0.15) is 60.2 Å². The highest BCUT2D eigenvalue weighted by Gasteiger charge is 2.25. The quantitative estimate of drug-likeness (QED) is 0.536. The van der Waals surface area contributed by atoms with E-state index < -0.39 is 16.0 Å². The summed E-state index contributed by atoms with van der Waals surface area (Å²) in [6.45, 7) is 7.10. The van der Waals surface area contributed by atoms with Crippen LogP contribution in [0.5, 0.6) is 0 Å². The van der Waals surface area contributed by atoms with E-state index in [0.29, 0.717) is 12.0 Å². The molecule has 7 heteroatoms. The van der Waals surface area contributed by atoms with Crippen molar-refractivity contribution >= 4 is 27.8 Å². The van der Waals surface area contributed by atoms with Crippen molar-refractivity contribution < 1.29 is 18.3 Å². The van der Waals surface area contributed by atoms with Gasteiger partial charge in [0.2, 0.25) is 0 Å². The smallest absolute Gasteiger partial charge is 0.338 e. The molecular weight excluding hydrogens is 424 g/mol. The second-order valence-electron chi connectivity index (χ2n) is 8.00. The van der Waals surface area contributed by atoms with Crippen molar-refractivity contribution in [1.29, 1.82) is 0 Å². The average molecular weight is 457 g/mol. The number of carbonyl (C=O) groups is 1. The van der Waals surface area contributed by atoms with Crippen molar-refractivity contribution in [2.45, 2.75) is 50.8 Å². The first-order chi connectivity index (χ1) is 15.4. The summed E-state index contributed by atoms with van der Waals surface area (Å²) in [5.41, 5.74) is 2.51. The third-order valence-electron chi connectivity index (χ3n) is 6.00. The van der Waals surface area contributed by atoms with Crippen molar-refractivity contribution in [3.05, 3.63) is 64.7 Å². The number of benzene rings is 2. The molecule has 0 radical (unpaired) electrons. The molecule has 1 aliphatic rings. The van der Waals surface area contributed by atoms with Gasteiger partial charge in [-0.25, -0.2) is 13.2 Å². The van der Waals surface area contributed by atoms with E-state index in [4.69, 9.17) is 0 Å². The van der Waals surface area contributed by atoms with Crippen molar-refractivity contribution in [2.75, 3.05) is 24.4 Å². The molecule has 0 bridgehead atoms. The van der Waals surface area contributed by atoms with Gasteiger partial charge in [0.15, 0.2) is 0 Å². The minimum atomic E-state index is -3.96. The maximum absolute atomic E-state index is 13.3. The van der Waals surface area contributed by atoms with Crippen LogP contribution in [0.25, 0.3) is 6.08 Å². The number of hydrogen-bond donors (Lipinski definition) is 2. The van der Waals surface area contributed by atoms with Gasteiger partial charge in [0.05, 0.1) is 16.1 Å². The number of anilines is 1. The molecule has 1 aliphatic carbocycles. The lowest BCUT2D eigenvalue weighted by molar-refractivity contribution is 0.0696. The largest absolute Gasteiger partial charge is 0.478 e. The Bertz CT molecular complexity index is 1090. The van der Waals surface area contributed by atoms with Gasteiger partial charge < -0.3 is 10.0 Å². The number of carboxylic acid groups (broad SMARTS) is 1. The SMILES string of the molecule is CCN(CC)CCC=Cc1ccccc1S(=O)(=O)Nc1ccc2c(c1C(=O)O)CCCC2. The Morgan fingerprint density at radius 1 is 1.09 bits per heavy atom. The number of rotatable bonds is 10. The number of fused-ring (bicyclic) bond motifs is 1. The summed E-state index contributed by atoms with van der Waals surface area (Å²) in [5.74, 6) is -1.11. The molecule has 2 aromatic carbocycles. The highest BCUT2D eigenvalue weighted by Crippen LogP contribution is 2.31. The van der Waals surface area contributed by atoms with Crippen molar-refractivity contribution in [3.8, 4) is 0 Å². The molecule has 2 N–H and O–H groups in total. The van der Waals surface area contributed by atoms with Crippen molar-refractivity contribution in [1.82, 2.24) is 4.90 Å². The number of aryl methyl sites for hydroxylation is 1. The van der Waals surface area contributed by atoms with Gasteiger partial charge in [-0.05, 0) is 74.0 Å². The summed E-state index contributed by atoms with van der Waals surface area (Å²) in [6.07, 6.45) is 8.02. The predicted molar refractivity (Wildman–Crippen MR) is 129 cm³/mol. The molecule has 0 heterocycles. The van der Waals surface area contributed by atoms with E-state index in [1.54, 1.807) is 30.3 Å². The molecule has 0 unspecified atom stereocenters. The highest BCUT2D eigenvalue weighted by molar-refractivity contribution is 7.92. The molecule has 0 saturated carbocycles. The minimum Gasteiger partial charge on any atom is -0.478 e. The lowest BCUT2D eigenvalue weighted by Crippen LogP contribution is -2.23. The molecule has 0 amide bonds. The van der Waals surface area contributed by atoms with Gasteiger partial charge in [-0.15, -0.1) is 0 Å². The molecule has 2 aromatic rings. The van der Waals surface area contributed by atoms with E-state index >= 15 is 0 Å². The normalized spacial score (nSPS) is 14.0. The van der Waals surface area contributed by atoms with E-state index in [-0.39, 0.29) is 16.1 Å². The molecule has 172 valence electrons. The summed E-state index contributed by atoms with van der Waals surface area (Å²) in [4.78, 5) is 14.4. The Morgan fingerprint density at radius 2 is 1.81 bits per heavy atom. The van der Waals surface area contributed by atoms with E-state index in [2.05, 4.69) is 23.5 Å². The number of aromatic carboxylic acids is 1. The fourth-order valence-corrected chi connectivity index (χ4v) is 5.50. The first kappa shape index (κ1) is 24.0. The molecule has 0 spiro atoms. The van der Waals surface area contributed by atoms with Gasteiger partial charge in [-0.1, -0.05) is 50.3 Å². The lowest BCUT2D eigenvalue weighted by atomic mass is 9.87. The van der Waals surface area contributed by atoms with Crippen LogP contribution in [0.15, 0.2) is 47.4 Å². The standard InChI is InChI=1S/C25H32N2O4S/c1-3-27(4-2)18-10-9-13-20-12-6-8-15-23(20)32(30,31)26-22-17-16-19-11-5-7-14-21(19)24(22)25(28)29/h6,8-9,12-13,15-17,26H,3-5,7,10-11,14,18H2,1-2H3,(H,28,29). The molecule has 3 rings (SSSR count). The third kappa shape index (κ3) is 5.58. The fraction of sp³-hybridized carbons (Fsp3) is 0.400. The summed E-state index contributed by atoms with van der Waals surface area (Å²) in [6, 6.07) is 10.2. The van der Waals surface area contributed by atoms with Crippen LogP contribution in [0.4, 0.5) is 5.69 Å². The second-order valence-corrected chi connectivity index (χ2v) is 9.65. The van der Waals surface area contributed by atoms with Crippen LogP contribution >= 0.6 is 0 Å². The van der Waals surface area contributed by atoms with Crippen LogP contribution in [0.2, 0.25) is 0 Å². The van der Waals surface area contributed by atoms with Crippen LogP contribution in [-0.4, -0.2) is 44.0 Å². The molecule has 0 atom stereocenters. The molecule has 32 heavy (non-hydrogen) atoms. The number of nitrogens with zero attached hydrogens (tertiary/aromatic N) is 1. The van der Waals surface area contributed by atoms with E-state index in [0.717, 1.165) is 56.4 Å². The predicted octanol–water partition coefficient (Wildman–Crippen LogP) is 4.81. The maximum Gasteiger partial charge on any atom is 0.338 e. The van der Waals surface area contributed by atoms with Crippen molar-refractivity contribution in [3.63, 3.8) is 0 Å². The summed E-state index contributed by atoms with van der Waals surface area (Å²) in [5, 5.41) is 9.82. The maximum atomic E-state index is 13.3. The molecule has 6 nitrogen and oxygen atoms in total. The van der Waals surface area contributed by atoms with Gasteiger partial charge in [0, 0.05) is 6.54 Å². The zero-order valence-corrected chi connectivity index (χ0v) is 19.6. The Balaban J connectivity index is 1.88. The summed E-state index contributed by atoms with van der Waals surface area (Å²) in [7, 11) is -3.96. The fourth-order valence-electron chi connectivity index (χ4n) is 4.23. The minimum absolute atomic E-state index is 0.0676. The second kappa shape index (κ2) is 10.8. The van der Waals surface area contributed by atoms with Gasteiger partial charge in [0.1, 0.15) is 0 Å². The molecular formula is C25H32N2O4S. The third-order valence-corrected chi connectivity index (χ3v) is 7.44. The number of hydrogen-bond acceptors (Lipinski definition) is 4. The Morgan fingerprint density at radius 3 is 2.53 bits per heavy atom.